The van der Waals surface area contributed by atoms with E-state index in [1.807, 2.05) is 23.1 Å². The zero-order valence-corrected chi connectivity index (χ0v) is 17.5. The second-order valence-electron chi connectivity index (χ2n) is 7.28. The molecule has 1 aromatic heterocycles. The maximum Gasteiger partial charge on any atom is 0.264 e. The molecule has 2 aromatic carbocycles. The van der Waals surface area contributed by atoms with Gasteiger partial charge in [0.1, 0.15) is 0 Å². The molecule has 1 saturated heterocycles. The van der Waals surface area contributed by atoms with Crippen LogP contribution in [0.4, 0.5) is 5.69 Å². The van der Waals surface area contributed by atoms with Gasteiger partial charge in [0.25, 0.3) is 15.9 Å². The average molecular weight is 422 g/mol. The lowest BCUT2D eigenvalue weighted by Crippen LogP contribution is -2.31. The third-order valence-electron chi connectivity index (χ3n) is 5.44. The van der Waals surface area contributed by atoms with E-state index in [0.29, 0.717) is 17.8 Å². The highest BCUT2D eigenvalue weighted by molar-refractivity contribution is 7.92. The lowest BCUT2D eigenvalue weighted by molar-refractivity contribution is 0.0735. The van der Waals surface area contributed by atoms with Crippen LogP contribution in [-0.2, 0) is 10.0 Å². The zero-order chi connectivity index (χ0) is 21.1. The van der Waals surface area contributed by atoms with Crippen molar-refractivity contribution in [3.63, 3.8) is 0 Å². The maximum absolute atomic E-state index is 13.2. The monoisotopic (exact) mass is 421 g/mol. The smallest absolute Gasteiger partial charge is 0.264 e. The number of benzene rings is 2. The molecule has 0 radical (unpaired) electrons. The summed E-state index contributed by atoms with van der Waals surface area (Å²) in [6, 6.07) is 18.9. The minimum Gasteiger partial charge on any atom is -0.332 e. The molecule has 1 aliphatic heterocycles. The van der Waals surface area contributed by atoms with Gasteiger partial charge in [-0.05, 0) is 54.8 Å². The SMILES string of the molecule is CN(c1ccccc1)S(=O)(=O)c1cccc(C(=O)N2CCC[C@@H]2c2cccnc2)c1. The van der Waals surface area contributed by atoms with Crippen LogP contribution >= 0.6 is 0 Å². The van der Waals surface area contributed by atoms with Crippen molar-refractivity contribution in [2.75, 3.05) is 17.9 Å². The first-order valence-electron chi connectivity index (χ1n) is 9.83. The summed E-state index contributed by atoms with van der Waals surface area (Å²) < 4.78 is 27.4. The number of sulfonamides is 1. The largest absolute Gasteiger partial charge is 0.332 e. The average Bonchev–Trinajstić information content (AvgIpc) is 3.29. The molecule has 1 fully saturated rings. The number of likely N-dealkylation sites (tertiary alicyclic amines) is 1. The number of hydrogen-bond donors (Lipinski definition) is 0. The Morgan fingerprint density at radius 3 is 2.60 bits per heavy atom. The van der Waals surface area contributed by atoms with E-state index in [1.54, 1.807) is 48.8 Å². The first-order chi connectivity index (χ1) is 14.5. The van der Waals surface area contributed by atoms with Crippen LogP contribution < -0.4 is 4.31 Å². The predicted molar refractivity (Wildman–Crippen MR) is 116 cm³/mol. The quantitative estimate of drug-likeness (QED) is 0.627. The number of pyridine rings is 1. The first kappa shape index (κ1) is 20.1. The molecule has 6 nitrogen and oxygen atoms in total. The molecule has 1 atom stereocenters. The Morgan fingerprint density at radius 2 is 1.87 bits per heavy atom. The van der Waals surface area contributed by atoms with Crippen LogP contribution in [0.5, 0.6) is 0 Å². The molecule has 7 heteroatoms. The van der Waals surface area contributed by atoms with Crippen molar-refractivity contribution in [3.8, 4) is 0 Å². The number of carbonyl (C=O) groups excluding carboxylic acids is 1. The second kappa shape index (κ2) is 8.28. The molecule has 0 spiro atoms. The van der Waals surface area contributed by atoms with E-state index in [1.165, 1.54) is 23.5 Å². The van der Waals surface area contributed by atoms with Crippen molar-refractivity contribution >= 4 is 21.6 Å². The molecule has 0 saturated carbocycles. The molecule has 3 aromatic rings. The molecule has 0 unspecified atom stereocenters. The van der Waals surface area contributed by atoms with Gasteiger partial charge in [0.15, 0.2) is 0 Å². The summed E-state index contributed by atoms with van der Waals surface area (Å²) in [5.41, 5.74) is 1.93. The molecule has 2 heterocycles. The van der Waals surface area contributed by atoms with Crippen molar-refractivity contribution in [1.29, 1.82) is 0 Å². The van der Waals surface area contributed by atoms with Gasteiger partial charge >= 0.3 is 0 Å². The van der Waals surface area contributed by atoms with Gasteiger partial charge in [-0.25, -0.2) is 8.42 Å². The van der Waals surface area contributed by atoms with E-state index >= 15 is 0 Å². The van der Waals surface area contributed by atoms with E-state index in [2.05, 4.69) is 4.98 Å². The summed E-state index contributed by atoms with van der Waals surface area (Å²) in [6.45, 7) is 0.638. The first-order valence-corrected chi connectivity index (χ1v) is 11.3. The molecule has 1 amide bonds. The lowest BCUT2D eigenvalue weighted by Gasteiger charge is -2.25. The summed E-state index contributed by atoms with van der Waals surface area (Å²) >= 11 is 0. The molecule has 0 aliphatic carbocycles. The highest BCUT2D eigenvalue weighted by atomic mass is 32.2. The standard InChI is InChI=1S/C23H23N3O3S/c1-25(20-10-3-2-4-11-20)30(28,29)21-12-5-8-18(16-21)23(27)26-15-7-13-22(26)19-9-6-14-24-17-19/h2-6,8-12,14,16-17,22H,7,13,15H2,1H3/t22-/m1/s1. The number of rotatable bonds is 5. The third-order valence-corrected chi connectivity index (χ3v) is 7.22. The fraction of sp³-hybridized carbons (Fsp3) is 0.217. The molecular weight excluding hydrogens is 398 g/mol. The Labute approximate surface area is 176 Å². The van der Waals surface area contributed by atoms with E-state index in [4.69, 9.17) is 0 Å². The number of para-hydroxylation sites is 1. The summed E-state index contributed by atoms with van der Waals surface area (Å²) in [4.78, 5) is 19.3. The minimum atomic E-state index is -3.78. The van der Waals surface area contributed by atoms with Gasteiger partial charge in [-0.2, -0.15) is 0 Å². The fourth-order valence-electron chi connectivity index (χ4n) is 3.82. The van der Waals surface area contributed by atoms with Crippen LogP contribution in [-0.4, -0.2) is 37.8 Å². The van der Waals surface area contributed by atoms with Crippen LogP contribution in [0.2, 0.25) is 0 Å². The number of amides is 1. The Bertz CT molecular complexity index is 1130. The highest BCUT2D eigenvalue weighted by Gasteiger charge is 2.31. The predicted octanol–water partition coefficient (Wildman–Crippen LogP) is 3.88. The Hall–Kier alpha value is -3.19. The maximum atomic E-state index is 13.2. The van der Waals surface area contributed by atoms with Gasteiger partial charge in [0, 0.05) is 31.5 Å². The van der Waals surface area contributed by atoms with Crippen LogP contribution in [0.25, 0.3) is 0 Å². The van der Waals surface area contributed by atoms with Crippen molar-refractivity contribution in [2.24, 2.45) is 0 Å². The van der Waals surface area contributed by atoms with Crippen molar-refractivity contribution in [1.82, 2.24) is 9.88 Å². The minimum absolute atomic E-state index is 0.0431. The van der Waals surface area contributed by atoms with Gasteiger partial charge in [-0.15, -0.1) is 0 Å². The van der Waals surface area contributed by atoms with Gasteiger partial charge in [0.05, 0.1) is 16.6 Å². The Balaban J connectivity index is 1.62. The summed E-state index contributed by atoms with van der Waals surface area (Å²) in [6.07, 6.45) is 5.26. The van der Waals surface area contributed by atoms with Gasteiger partial charge in [0.2, 0.25) is 0 Å². The number of carbonyl (C=O) groups is 1. The summed E-state index contributed by atoms with van der Waals surface area (Å²) in [7, 11) is -2.27. The molecule has 154 valence electrons. The molecular formula is C23H23N3O3S. The van der Waals surface area contributed by atoms with E-state index in [-0.39, 0.29) is 16.8 Å². The van der Waals surface area contributed by atoms with Gasteiger partial charge in [-0.1, -0.05) is 30.3 Å². The number of anilines is 1. The highest BCUT2D eigenvalue weighted by Crippen LogP contribution is 2.33. The third kappa shape index (κ3) is 3.80. The second-order valence-corrected chi connectivity index (χ2v) is 9.25. The number of nitrogens with zero attached hydrogens (tertiary/aromatic N) is 3. The molecule has 1 aliphatic rings. The van der Waals surface area contributed by atoms with Crippen molar-refractivity contribution in [3.05, 3.63) is 90.3 Å². The number of aromatic nitrogens is 1. The molecule has 0 N–H and O–H groups in total. The van der Waals surface area contributed by atoms with Crippen LogP contribution in [0, 0.1) is 0 Å². The lowest BCUT2D eigenvalue weighted by atomic mass is 10.1. The fourth-order valence-corrected chi connectivity index (χ4v) is 5.06. The summed E-state index contributed by atoms with van der Waals surface area (Å²) in [5.74, 6) is -0.166. The number of hydrogen-bond acceptors (Lipinski definition) is 4. The topological polar surface area (TPSA) is 70.6 Å². The van der Waals surface area contributed by atoms with Crippen molar-refractivity contribution in [2.45, 2.75) is 23.8 Å². The van der Waals surface area contributed by atoms with E-state index in [9.17, 15) is 13.2 Å². The Kier molecular flexibility index (Phi) is 5.55. The van der Waals surface area contributed by atoms with Gasteiger partial charge < -0.3 is 4.90 Å². The van der Waals surface area contributed by atoms with E-state index in [0.717, 1.165) is 18.4 Å². The van der Waals surface area contributed by atoms with Crippen LogP contribution in [0.15, 0.2) is 84.0 Å². The Morgan fingerprint density at radius 1 is 1.07 bits per heavy atom. The van der Waals surface area contributed by atoms with Gasteiger partial charge in [-0.3, -0.25) is 14.1 Å². The van der Waals surface area contributed by atoms with Crippen molar-refractivity contribution < 1.29 is 13.2 Å². The summed E-state index contributed by atoms with van der Waals surface area (Å²) in [5, 5.41) is 0. The zero-order valence-electron chi connectivity index (χ0n) is 16.7. The van der Waals surface area contributed by atoms with E-state index < -0.39 is 10.0 Å². The molecule has 30 heavy (non-hydrogen) atoms. The van der Waals surface area contributed by atoms with Crippen LogP contribution in [0.3, 0.4) is 0 Å². The molecule has 0 bridgehead atoms. The molecule has 4 rings (SSSR count). The normalized spacial score (nSPS) is 16.4. The van der Waals surface area contributed by atoms with Crippen LogP contribution in [0.1, 0.15) is 34.8 Å².